The summed E-state index contributed by atoms with van der Waals surface area (Å²) in [4.78, 5) is 18.3. The summed E-state index contributed by atoms with van der Waals surface area (Å²) in [6.07, 6.45) is 3.58. The molecule has 0 bridgehead atoms. The van der Waals surface area contributed by atoms with Crippen molar-refractivity contribution in [2.45, 2.75) is 31.4 Å². The quantitative estimate of drug-likeness (QED) is 0.745. The molecule has 2 unspecified atom stereocenters. The third kappa shape index (κ3) is 1.64. The van der Waals surface area contributed by atoms with Gasteiger partial charge in [-0.1, -0.05) is 0 Å². The zero-order chi connectivity index (χ0) is 11.0. The number of thiazole rings is 1. The van der Waals surface area contributed by atoms with Gasteiger partial charge in [-0.3, -0.25) is 4.79 Å². The van der Waals surface area contributed by atoms with E-state index in [1.165, 1.54) is 11.3 Å². The Morgan fingerprint density at radius 3 is 3.31 bits per heavy atom. The Hall–Kier alpha value is -0.940. The normalized spacial score (nSPS) is 29.1. The summed E-state index contributed by atoms with van der Waals surface area (Å²) in [5.74, 6) is 0.0708. The van der Waals surface area contributed by atoms with Crippen LogP contribution < -0.4 is 0 Å². The van der Waals surface area contributed by atoms with Crippen molar-refractivity contribution in [3.05, 3.63) is 16.6 Å². The average Bonchev–Trinajstić information content (AvgIpc) is 2.98. The summed E-state index contributed by atoms with van der Waals surface area (Å²) in [6, 6.07) is 0.281. The molecule has 0 aromatic carbocycles. The van der Waals surface area contributed by atoms with Crippen LogP contribution in [0.25, 0.3) is 0 Å². The number of amides is 1. The average molecular weight is 238 g/mol. The summed E-state index contributed by atoms with van der Waals surface area (Å²) in [5, 5.41) is 1.82. The molecule has 2 fully saturated rings. The standard InChI is InChI=1S/C11H14N2O2S/c14-11(8-6-16-7-12-8)13-4-5-15-10-3-1-2-9(10)13/h6-7,9-10H,1-5H2. The van der Waals surface area contributed by atoms with E-state index < -0.39 is 0 Å². The van der Waals surface area contributed by atoms with Gasteiger partial charge in [-0.2, -0.15) is 0 Å². The van der Waals surface area contributed by atoms with Crippen molar-refractivity contribution in [1.29, 1.82) is 0 Å². The lowest BCUT2D eigenvalue weighted by atomic mass is 10.1. The van der Waals surface area contributed by atoms with Gasteiger partial charge in [-0.05, 0) is 19.3 Å². The lowest BCUT2D eigenvalue weighted by molar-refractivity contribution is -0.0447. The molecule has 0 N–H and O–H groups in total. The lowest BCUT2D eigenvalue weighted by Gasteiger charge is -2.37. The number of hydrogen-bond donors (Lipinski definition) is 0. The molecule has 86 valence electrons. The van der Waals surface area contributed by atoms with Crippen LogP contribution in [0.3, 0.4) is 0 Å². The zero-order valence-corrected chi connectivity index (χ0v) is 9.78. The highest BCUT2D eigenvalue weighted by Gasteiger charge is 2.38. The summed E-state index contributed by atoms with van der Waals surface area (Å²) < 4.78 is 5.69. The molecule has 2 aliphatic rings. The van der Waals surface area contributed by atoms with E-state index >= 15 is 0 Å². The van der Waals surface area contributed by atoms with Crippen LogP contribution in [0.5, 0.6) is 0 Å². The van der Waals surface area contributed by atoms with Crippen molar-refractivity contribution in [2.24, 2.45) is 0 Å². The van der Waals surface area contributed by atoms with Crippen LogP contribution in [0.2, 0.25) is 0 Å². The molecule has 1 aromatic heterocycles. The van der Waals surface area contributed by atoms with Gasteiger partial charge in [0.15, 0.2) is 0 Å². The van der Waals surface area contributed by atoms with Crippen molar-refractivity contribution in [3.63, 3.8) is 0 Å². The zero-order valence-electron chi connectivity index (χ0n) is 8.96. The molecule has 5 heteroatoms. The van der Waals surface area contributed by atoms with Gasteiger partial charge in [-0.15, -0.1) is 11.3 Å². The van der Waals surface area contributed by atoms with Crippen LogP contribution >= 0.6 is 11.3 Å². The van der Waals surface area contributed by atoms with Gasteiger partial charge < -0.3 is 9.64 Å². The maximum Gasteiger partial charge on any atom is 0.273 e. The van der Waals surface area contributed by atoms with Crippen LogP contribution in [-0.2, 0) is 4.74 Å². The van der Waals surface area contributed by atoms with Gasteiger partial charge in [0.25, 0.3) is 5.91 Å². The van der Waals surface area contributed by atoms with E-state index in [1.807, 2.05) is 10.3 Å². The van der Waals surface area contributed by atoms with Crippen LogP contribution in [-0.4, -0.2) is 41.1 Å². The number of morpholine rings is 1. The molecule has 1 aromatic rings. The van der Waals surface area contributed by atoms with Crippen molar-refractivity contribution in [1.82, 2.24) is 9.88 Å². The molecular weight excluding hydrogens is 224 g/mol. The molecular formula is C11H14N2O2S. The number of carbonyl (C=O) groups excluding carboxylic acids is 1. The van der Waals surface area contributed by atoms with Crippen molar-refractivity contribution in [2.75, 3.05) is 13.2 Å². The first-order chi connectivity index (χ1) is 7.86. The number of rotatable bonds is 1. The largest absolute Gasteiger partial charge is 0.374 e. The number of carbonyl (C=O) groups is 1. The van der Waals surface area contributed by atoms with Gasteiger partial charge in [0.1, 0.15) is 5.69 Å². The molecule has 1 saturated carbocycles. The predicted octanol–water partition coefficient (Wildman–Crippen LogP) is 1.54. The van der Waals surface area contributed by atoms with Crippen LogP contribution in [0.4, 0.5) is 0 Å². The molecule has 2 atom stereocenters. The first kappa shape index (κ1) is 10.2. The first-order valence-corrected chi connectivity index (χ1v) is 6.61. The Balaban J connectivity index is 1.80. The van der Waals surface area contributed by atoms with E-state index in [0.29, 0.717) is 18.8 Å². The van der Waals surface area contributed by atoms with E-state index in [-0.39, 0.29) is 18.1 Å². The Morgan fingerprint density at radius 2 is 2.50 bits per heavy atom. The van der Waals surface area contributed by atoms with E-state index in [0.717, 1.165) is 19.3 Å². The highest BCUT2D eigenvalue weighted by atomic mass is 32.1. The van der Waals surface area contributed by atoms with Crippen LogP contribution in [0.1, 0.15) is 29.8 Å². The van der Waals surface area contributed by atoms with E-state index in [9.17, 15) is 4.79 Å². The third-order valence-electron chi connectivity index (χ3n) is 3.39. The molecule has 2 heterocycles. The fourth-order valence-corrected chi connectivity index (χ4v) is 3.17. The highest BCUT2D eigenvalue weighted by molar-refractivity contribution is 7.07. The Kier molecular flexibility index (Phi) is 2.65. The van der Waals surface area contributed by atoms with Gasteiger partial charge in [0.2, 0.25) is 0 Å². The van der Waals surface area contributed by atoms with E-state index in [1.54, 1.807) is 5.51 Å². The van der Waals surface area contributed by atoms with Gasteiger partial charge >= 0.3 is 0 Å². The summed E-state index contributed by atoms with van der Waals surface area (Å²) in [7, 11) is 0. The number of aromatic nitrogens is 1. The van der Waals surface area contributed by atoms with Crippen molar-refractivity contribution < 1.29 is 9.53 Å². The molecule has 1 aliphatic heterocycles. The topological polar surface area (TPSA) is 42.4 Å². The Bertz CT molecular complexity index is 379. The number of hydrogen-bond acceptors (Lipinski definition) is 4. The lowest BCUT2D eigenvalue weighted by Crippen LogP contribution is -2.51. The summed E-state index contributed by atoms with van der Waals surface area (Å²) in [6.45, 7) is 1.37. The maximum atomic E-state index is 12.2. The minimum atomic E-state index is 0.0708. The predicted molar refractivity (Wildman–Crippen MR) is 60.5 cm³/mol. The Morgan fingerprint density at radius 1 is 1.56 bits per heavy atom. The maximum absolute atomic E-state index is 12.2. The van der Waals surface area contributed by atoms with E-state index in [4.69, 9.17) is 4.74 Å². The van der Waals surface area contributed by atoms with E-state index in [2.05, 4.69) is 4.98 Å². The molecule has 1 amide bonds. The fraction of sp³-hybridized carbons (Fsp3) is 0.636. The van der Waals surface area contributed by atoms with Crippen LogP contribution in [0.15, 0.2) is 10.9 Å². The van der Waals surface area contributed by atoms with Gasteiger partial charge in [-0.25, -0.2) is 4.98 Å². The minimum absolute atomic E-state index is 0.0708. The Labute approximate surface area is 98.2 Å². The smallest absolute Gasteiger partial charge is 0.273 e. The number of nitrogens with zero attached hydrogens (tertiary/aromatic N) is 2. The molecule has 1 aliphatic carbocycles. The highest BCUT2D eigenvalue weighted by Crippen LogP contribution is 2.30. The molecule has 0 spiro atoms. The molecule has 1 saturated heterocycles. The monoisotopic (exact) mass is 238 g/mol. The number of ether oxygens (including phenoxy) is 1. The number of fused-ring (bicyclic) bond motifs is 1. The second-order valence-corrected chi connectivity index (χ2v) is 5.00. The summed E-state index contributed by atoms with van der Waals surface area (Å²) >= 11 is 1.47. The first-order valence-electron chi connectivity index (χ1n) is 5.67. The minimum Gasteiger partial charge on any atom is -0.374 e. The second kappa shape index (κ2) is 4.14. The van der Waals surface area contributed by atoms with Crippen LogP contribution in [0, 0.1) is 0 Å². The van der Waals surface area contributed by atoms with Gasteiger partial charge in [0.05, 0.1) is 24.3 Å². The van der Waals surface area contributed by atoms with Crippen molar-refractivity contribution in [3.8, 4) is 0 Å². The van der Waals surface area contributed by atoms with Gasteiger partial charge in [0, 0.05) is 11.9 Å². The molecule has 16 heavy (non-hydrogen) atoms. The molecule has 3 rings (SSSR count). The fourth-order valence-electron chi connectivity index (χ4n) is 2.64. The summed E-state index contributed by atoms with van der Waals surface area (Å²) in [5.41, 5.74) is 2.29. The second-order valence-electron chi connectivity index (χ2n) is 4.28. The SMILES string of the molecule is O=C(c1cscn1)N1CCOC2CCCC21. The van der Waals surface area contributed by atoms with Crippen molar-refractivity contribution >= 4 is 17.2 Å². The molecule has 0 radical (unpaired) electrons. The molecule has 4 nitrogen and oxygen atoms in total. The third-order valence-corrected chi connectivity index (χ3v) is 3.98.